The number of pyridine rings is 2. The molecule has 2 fully saturated rings. The molecule has 0 radical (unpaired) electrons. The molecular formula is C23H22N6. The van der Waals surface area contributed by atoms with Gasteiger partial charge in [-0.3, -0.25) is 4.98 Å². The van der Waals surface area contributed by atoms with E-state index < -0.39 is 0 Å². The fourth-order valence-corrected chi connectivity index (χ4v) is 4.11. The van der Waals surface area contributed by atoms with Crippen molar-refractivity contribution in [2.75, 3.05) is 11.4 Å². The molecule has 144 valence electrons. The van der Waals surface area contributed by atoms with E-state index in [2.05, 4.69) is 55.0 Å². The molecule has 6 rings (SSSR count). The number of anilines is 1. The van der Waals surface area contributed by atoms with Crippen LogP contribution in [0.2, 0.25) is 0 Å². The van der Waals surface area contributed by atoms with Gasteiger partial charge in [-0.15, -0.1) is 10.2 Å². The first kappa shape index (κ1) is 16.7. The third-order valence-electron chi connectivity index (χ3n) is 5.83. The molecule has 6 heteroatoms. The molecule has 0 unspecified atom stereocenters. The minimum Gasteiger partial charge on any atom is -0.322 e. The van der Waals surface area contributed by atoms with Crippen LogP contribution in [-0.2, 0) is 0 Å². The Morgan fingerprint density at radius 1 is 1.00 bits per heavy atom. The van der Waals surface area contributed by atoms with Gasteiger partial charge in [0.2, 0.25) is 0 Å². The van der Waals surface area contributed by atoms with E-state index in [9.17, 15) is 0 Å². The highest BCUT2D eigenvalue weighted by molar-refractivity contribution is 5.84. The lowest BCUT2D eigenvalue weighted by Gasteiger charge is -2.31. The van der Waals surface area contributed by atoms with Gasteiger partial charge in [0.25, 0.3) is 0 Å². The third-order valence-corrected chi connectivity index (χ3v) is 5.83. The minimum atomic E-state index is 0.524. The van der Waals surface area contributed by atoms with E-state index in [4.69, 9.17) is 4.98 Å². The molecule has 29 heavy (non-hydrogen) atoms. The van der Waals surface area contributed by atoms with Crippen molar-refractivity contribution in [1.29, 1.82) is 0 Å². The van der Waals surface area contributed by atoms with Gasteiger partial charge in [0, 0.05) is 30.5 Å². The summed E-state index contributed by atoms with van der Waals surface area (Å²) in [6.07, 6.45) is 15.1. The summed E-state index contributed by atoms with van der Waals surface area (Å²) in [4.78, 5) is 11.7. The third kappa shape index (κ3) is 3.05. The maximum Gasteiger partial charge on any atom is 0.182 e. The maximum absolute atomic E-state index is 5.01. The van der Waals surface area contributed by atoms with Crippen molar-refractivity contribution in [3.8, 4) is 11.5 Å². The van der Waals surface area contributed by atoms with E-state index in [1.54, 1.807) is 0 Å². The number of aromatic nitrogens is 5. The van der Waals surface area contributed by atoms with Crippen molar-refractivity contribution >= 4 is 11.5 Å². The first-order valence-corrected chi connectivity index (χ1v) is 10.3. The van der Waals surface area contributed by atoms with Crippen molar-refractivity contribution in [2.45, 2.75) is 31.7 Å². The quantitative estimate of drug-likeness (QED) is 0.660. The Morgan fingerprint density at radius 3 is 2.72 bits per heavy atom. The van der Waals surface area contributed by atoms with Gasteiger partial charge in [0.1, 0.15) is 17.8 Å². The topological polar surface area (TPSA) is 59.7 Å². The van der Waals surface area contributed by atoms with Crippen LogP contribution in [-0.4, -0.2) is 31.3 Å². The largest absolute Gasteiger partial charge is 0.322 e. The Hall–Kier alpha value is -3.28. The molecule has 0 amide bonds. The van der Waals surface area contributed by atoms with E-state index in [1.807, 2.05) is 30.9 Å². The highest BCUT2D eigenvalue weighted by Gasteiger charge is 2.32. The van der Waals surface area contributed by atoms with Gasteiger partial charge in [-0.2, -0.15) is 0 Å². The standard InChI is InChI=1S/C23H22N6/c1-6-20(23-27-25-15-29(23)18-10-11-18)26-21(7-1)28-13-3-5-19(16-8-9-16)22(28)17-4-2-12-24-14-17/h1-7,12,14-16,18H,8-11,13H2. The van der Waals surface area contributed by atoms with Crippen molar-refractivity contribution in [2.24, 2.45) is 5.92 Å². The van der Waals surface area contributed by atoms with Crippen molar-refractivity contribution in [3.63, 3.8) is 0 Å². The highest BCUT2D eigenvalue weighted by atomic mass is 15.3. The first-order chi connectivity index (χ1) is 14.4. The van der Waals surface area contributed by atoms with Crippen LogP contribution in [0.4, 0.5) is 5.82 Å². The Bertz CT molecular complexity index is 1110. The lowest BCUT2D eigenvalue weighted by Crippen LogP contribution is -2.27. The van der Waals surface area contributed by atoms with Gasteiger partial charge in [-0.25, -0.2) is 4.98 Å². The number of nitrogens with zero attached hydrogens (tertiary/aromatic N) is 6. The lowest BCUT2D eigenvalue weighted by molar-refractivity contribution is 0.743. The second-order valence-electron chi connectivity index (χ2n) is 8.01. The summed E-state index contributed by atoms with van der Waals surface area (Å²) in [6.45, 7) is 0.798. The molecule has 0 N–H and O–H groups in total. The van der Waals surface area contributed by atoms with Gasteiger partial charge in [-0.1, -0.05) is 18.2 Å². The van der Waals surface area contributed by atoms with Gasteiger partial charge < -0.3 is 9.47 Å². The van der Waals surface area contributed by atoms with Crippen molar-refractivity contribution in [1.82, 2.24) is 24.7 Å². The number of rotatable bonds is 5. The fourth-order valence-electron chi connectivity index (χ4n) is 4.11. The summed E-state index contributed by atoms with van der Waals surface area (Å²) in [5, 5.41) is 8.50. The lowest BCUT2D eigenvalue weighted by atomic mass is 9.99. The van der Waals surface area contributed by atoms with E-state index in [1.165, 1.54) is 37.0 Å². The van der Waals surface area contributed by atoms with Crippen LogP contribution in [0.3, 0.4) is 0 Å². The predicted octanol–water partition coefficient (Wildman–Crippen LogP) is 4.27. The molecular weight excluding hydrogens is 360 g/mol. The molecule has 0 saturated heterocycles. The number of allylic oxidation sites excluding steroid dienone is 2. The number of hydrogen-bond donors (Lipinski definition) is 0. The van der Waals surface area contributed by atoms with E-state index in [0.29, 0.717) is 12.0 Å². The smallest absolute Gasteiger partial charge is 0.182 e. The van der Waals surface area contributed by atoms with Crippen LogP contribution in [0.15, 0.2) is 66.8 Å². The zero-order chi connectivity index (χ0) is 19.2. The Morgan fingerprint density at radius 2 is 1.93 bits per heavy atom. The minimum absolute atomic E-state index is 0.524. The number of hydrogen-bond acceptors (Lipinski definition) is 5. The Balaban J connectivity index is 1.44. The van der Waals surface area contributed by atoms with E-state index in [0.717, 1.165) is 29.4 Å². The van der Waals surface area contributed by atoms with Crippen LogP contribution in [0.5, 0.6) is 0 Å². The van der Waals surface area contributed by atoms with Crippen LogP contribution < -0.4 is 4.90 Å². The van der Waals surface area contributed by atoms with Gasteiger partial charge >= 0.3 is 0 Å². The normalized spacial score (nSPS) is 19.1. The highest BCUT2D eigenvalue weighted by Crippen LogP contribution is 2.44. The molecule has 0 spiro atoms. The van der Waals surface area contributed by atoms with Crippen LogP contribution >= 0.6 is 0 Å². The summed E-state index contributed by atoms with van der Waals surface area (Å²) in [5.74, 6) is 2.44. The zero-order valence-electron chi connectivity index (χ0n) is 16.1. The fraction of sp³-hybridized carbons (Fsp3) is 0.304. The average Bonchev–Trinajstić information content (AvgIpc) is 3.72. The SMILES string of the molecule is C1=CC(C2CC2)=C(c2cccnc2)N(c2cccc(-c3nncn3C3CC3)n2)C1. The van der Waals surface area contributed by atoms with Gasteiger partial charge in [0.15, 0.2) is 5.82 Å². The summed E-state index contributed by atoms with van der Waals surface area (Å²) in [5.41, 5.74) is 4.65. The average molecular weight is 382 g/mol. The second-order valence-corrected chi connectivity index (χ2v) is 8.01. The molecule has 2 aliphatic carbocycles. The molecule has 1 aliphatic heterocycles. The molecule has 2 saturated carbocycles. The Labute approximate surface area is 169 Å². The van der Waals surface area contributed by atoms with Crippen LogP contribution in [0, 0.1) is 5.92 Å². The summed E-state index contributed by atoms with van der Waals surface area (Å²) in [6, 6.07) is 10.9. The zero-order valence-corrected chi connectivity index (χ0v) is 16.1. The van der Waals surface area contributed by atoms with Crippen molar-refractivity contribution in [3.05, 3.63) is 72.3 Å². The molecule has 3 aromatic heterocycles. The summed E-state index contributed by atoms with van der Waals surface area (Å²) in [7, 11) is 0. The molecule has 3 aromatic rings. The maximum atomic E-state index is 5.01. The molecule has 0 bridgehead atoms. The molecule has 4 heterocycles. The van der Waals surface area contributed by atoms with Gasteiger partial charge in [-0.05, 0) is 61.4 Å². The van der Waals surface area contributed by atoms with Crippen LogP contribution in [0.25, 0.3) is 17.2 Å². The predicted molar refractivity (Wildman–Crippen MR) is 112 cm³/mol. The molecule has 0 atom stereocenters. The Kier molecular flexibility index (Phi) is 3.82. The van der Waals surface area contributed by atoms with Crippen molar-refractivity contribution < 1.29 is 0 Å². The van der Waals surface area contributed by atoms with Gasteiger partial charge in [0.05, 0.1) is 5.70 Å². The second kappa shape index (κ2) is 6.65. The monoisotopic (exact) mass is 382 g/mol. The summed E-state index contributed by atoms with van der Waals surface area (Å²) >= 11 is 0. The molecule has 6 nitrogen and oxygen atoms in total. The first-order valence-electron chi connectivity index (χ1n) is 10.3. The van der Waals surface area contributed by atoms with Crippen LogP contribution in [0.1, 0.15) is 37.3 Å². The summed E-state index contributed by atoms with van der Waals surface area (Å²) < 4.78 is 2.16. The molecule has 3 aliphatic rings. The van der Waals surface area contributed by atoms with E-state index in [-0.39, 0.29) is 0 Å². The van der Waals surface area contributed by atoms with E-state index >= 15 is 0 Å². The molecule has 0 aromatic carbocycles.